The first-order valence-corrected chi connectivity index (χ1v) is 15.4. The standard InChI is InChI=1S/C32H28N4O4S2/c1-5-40-30(38)26-27(20-9-7-6-8-10-20)33-31-36(28(26)21-12-14-22(41-4)15-13-21)29(37)25(42-31)18-19-11-16-23-24(17-19)35(3)32(39)34(23)2/h6-18,28H,5H2,1-4H3. The zero-order valence-electron chi connectivity index (χ0n) is 23.5. The van der Waals surface area contributed by atoms with Crippen LogP contribution < -0.4 is 20.6 Å². The van der Waals surface area contributed by atoms with Crippen LogP contribution in [0.15, 0.2) is 97.8 Å². The van der Waals surface area contributed by atoms with Crippen LogP contribution in [0.4, 0.5) is 0 Å². The maximum absolute atomic E-state index is 14.1. The average Bonchev–Trinajstić information content (AvgIpc) is 3.44. The largest absolute Gasteiger partial charge is 0.463 e. The summed E-state index contributed by atoms with van der Waals surface area (Å²) in [5, 5.41) is 0. The summed E-state index contributed by atoms with van der Waals surface area (Å²) >= 11 is 2.89. The number of nitrogens with zero attached hydrogens (tertiary/aromatic N) is 4. The molecule has 0 saturated carbocycles. The lowest BCUT2D eigenvalue weighted by atomic mass is 9.93. The number of carbonyl (C=O) groups is 1. The number of hydrogen-bond donors (Lipinski definition) is 0. The zero-order valence-corrected chi connectivity index (χ0v) is 25.2. The summed E-state index contributed by atoms with van der Waals surface area (Å²) in [6.07, 6.45) is 3.81. The van der Waals surface area contributed by atoms with Crippen molar-refractivity contribution < 1.29 is 9.53 Å². The van der Waals surface area contributed by atoms with Gasteiger partial charge in [0.25, 0.3) is 5.56 Å². The minimum absolute atomic E-state index is 0.117. The molecule has 42 heavy (non-hydrogen) atoms. The van der Waals surface area contributed by atoms with E-state index in [-0.39, 0.29) is 17.9 Å². The first-order chi connectivity index (χ1) is 20.3. The van der Waals surface area contributed by atoms with E-state index < -0.39 is 12.0 Å². The molecule has 0 saturated heterocycles. The van der Waals surface area contributed by atoms with Crippen molar-refractivity contribution in [1.82, 2.24) is 13.7 Å². The SMILES string of the molecule is CCOC(=O)C1=C(c2ccccc2)N=c2sc(=Cc3ccc4c(c3)n(C)c(=O)n4C)c(=O)n2C1c1ccc(SC)cc1. The summed E-state index contributed by atoms with van der Waals surface area (Å²) in [6, 6.07) is 22.3. The smallest absolute Gasteiger partial charge is 0.338 e. The van der Waals surface area contributed by atoms with Crippen LogP contribution in [0.5, 0.6) is 0 Å². The fourth-order valence-corrected chi connectivity index (χ4v) is 6.72. The van der Waals surface area contributed by atoms with Gasteiger partial charge in [0.2, 0.25) is 0 Å². The van der Waals surface area contributed by atoms with Gasteiger partial charge in [-0.05, 0) is 54.6 Å². The van der Waals surface area contributed by atoms with Crippen LogP contribution in [0.3, 0.4) is 0 Å². The van der Waals surface area contributed by atoms with Gasteiger partial charge in [0.15, 0.2) is 4.80 Å². The molecule has 0 amide bonds. The van der Waals surface area contributed by atoms with Crippen LogP contribution in [0.2, 0.25) is 0 Å². The molecule has 3 aromatic carbocycles. The van der Waals surface area contributed by atoms with E-state index in [4.69, 9.17) is 9.73 Å². The number of ether oxygens (including phenoxy) is 1. The lowest BCUT2D eigenvalue weighted by Gasteiger charge is -2.26. The highest BCUT2D eigenvalue weighted by Crippen LogP contribution is 2.35. The lowest BCUT2D eigenvalue weighted by Crippen LogP contribution is -2.40. The monoisotopic (exact) mass is 596 g/mol. The third-order valence-corrected chi connectivity index (χ3v) is 9.13. The van der Waals surface area contributed by atoms with E-state index in [1.807, 2.05) is 85.1 Å². The molecule has 1 aliphatic rings. The van der Waals surface area contributed by atoms with E-state index in [1.54, 1.807) is 46.5 Å². The summed E-state index contributed by atoms with van der Waals surface area (Å²) in [7, 11) is 3.46. The Kier molecular flexibility index (Phi) is 7.34. The van der Waals surface area contributed by atoms with Gasteiger partial charge in [-0.1, -0.05) is 59.9 Å². The van der Waals surface area contributed by atoms with Crippen molar-refractivity contribution >= 4 is 51.9 Å². The van der Waals surface area contributed by atoms with E-state index in [1.165, 1.54) is 11.3 Å². The second kappa shape index (κ2) is 11.1. The lowest BCUT2D eigenvalue weighted by molar-refractivity contribution is -0.138. The van der Waals surface area contributed by atoms with Crippen LogP contribution in [0.25, 0.3) is 22.8 Å². The number of imidazole rings is 1. The molecule has 6 rings (SSSR count). The van der Waals surface area contributed by atoms with E-state index in [0.29, 0.717) is 20.6 Å². The molecule has 2 aromatic heterocycles. The van der Waals surface area contributed by atoms with Gasteiger partial charge in [0, 0.05) is 24.6 Å². The molecule has 3 heterocycles. The average molecular weight is 597 g/mol. The molecule has 1 atom stereocenters. The summed E-state index contributed by atoms with van der Waals surface area (Å²) < 4.78 is 10.8. The highest BCUT2D eigenvalue weighted by atomic mass is 32.2. The molecule has 0 N–H and O–H groups in total. The van der Waals surface area contributed by atoms with Gasteiger partial charge in [-0.2, -0.15) is 0 Å². The molecule has 0 radical (unpaired) electrons. The van der Waals surface area contributed by atoms with Gasteiger partial charge in [0.05, 0.1) is 39.5 Å². The summed E-state index contributed by atoms with van der Waals surface area (Å²) in [5.74, 6) is -0.510. The Morgan fingerprint density at radius 1 is 1.00 bits per heavy atom. The van der Waals surface area contributed by atoms with E-state index in [0.717, 1.165) is 32.6 Å². The molecule has 1 unspecified atom stereocenters. The van der Waals surface area contributed by atoms with Crippen molar-refractivity contribution in [2.24, 2.45) is 19.1 Å². The van der Waals surface area contributed by atoms with Crippen LogP contribution in [-0.2, 0) is 23.6 Å². The summed E-state index contributed by atoms with van der Waals surface area (Å²) in [4.78, 5) is 46.6. The molecule has 0 aliphatic carbocycles. The van der Waals surface area contributed by atoms with Gasteiger partial charge in [-0.3, -0.25) is 18.5 Å². The second-order valence-electron chi connectivity index (χ2n) is 9.85. The molecule has 10 heteroatoms. The fraction of sp³-hybridized carbons (Fsp3) is 0.188. The molecular formula is C32H28N4O4S2. The van der Waals surface area contributed by atoms with E-state index >= 15 is 0 Å². The molecule has 0 fully saturated rings. The van der Waals surface area contributed by atoms with E-state index in [2.05, 4.69) is 0 Å². The number of thioether (sulfide) groups is 1. The Morgan fingerprint density at radius 3 is 2.40 bits per heavy atom. The van der Waals surface area contributed by atoms with Crippen molar-refractivity contribution in [3.8, 4) is 0 Å². The number of carbonyl (C=O) groups excluding carboxylic acids is 1. The normalized spacial score (nSPS) is 15.1. The Morgan fingerprint density at radius 2 is 1.71 bits per heavy atom. The first kappa shape index (κ1) is 27.7. The van der Waals surface area contributed by atoms with Crippen molar-refractivity contribution in [2.45, 2.75) is 17.9 Å². The zero-order chi connectivity index (χ0) is 29.5. The van der Waals surface area contributed by atoms with Gasteiger partial charge < -0.3 is 4.74 Å². The molecule has 8 nitrogen and oxygen atoms in total. The number of aromatic nitrogens is 3. The Bertz CT molecular complexity index is 2120. The molecule has 0 spiro atoms. The quantitative estimate of drug-likeness (QED) is 0.220. The van der Waals surface area contributed by atoms with Crippen LogP contribution in [0, 0.1) is 0 Å². The number of benzene rings is 3. The summed E-state index contributed by atoms with van der Waals surface area (Å²) in [6.45, 7) is 1.95. The van der Waals surface area contributed by atoms with Gasteiger partial charge in [-0.15, -0.1) is 11.8 Å². The van der Waals surface area contributed by atoms with Gasteiger partial charge in [0.1, 0.15) is 0 Å². The maximum Gasteiger partial charge on any atom is 0.338 e. The fourth-order valence-electron chi connectivity index (χ4n) is 5.31. The Balaban J connectivity index is 1.62. The number of aryl methyl sites for hydroxylation is 2. The second-order valence-corrected chi connectivity index (χ2v) is 11.7. The number of esters is 1. The van der Waals surface area contributed by atoms with Crippen molar-refractivity contribution in [1.29, 1.82) is 0 Å². The Hall–Kier alpha value is -4.41. The predicted molar refractivity (Wildman–Crippen MR) is 167 cm³/mol. The minimum Gasteiger partial charge on any atom is -0.463 e. The van der Waals surface area contributed by atoms with Crippen molar-refractivity contribution in [2.75, 3.05) is 12.9 Å². The van der Waals surface area contributed by atoms with E-state index in [9.17, 15) is 14.4 Å². The molecular weight excluding hydrogens is 569 g/mol. The predicted octanol–water partition coefficient (Wildman–Crippen LogP) is 3.85. The minimum atomic E-state index is -0.731. The number of rotatable bonds is 6. The van der Waals surface area contributed by atoms with Crippen molar-refractivity contribution in [3.05, 3.63) is 125 Å². The highest BCUT2D eigenvalue weighted by molar-refractivity contribution is 7.98. The van der Waals surface area contributed by atoms with Crippen molar-refractivity contribution in [3.63, 3.8) is 0 Å². The topological polar surface area (TPSA) is 87.6 Å². The Labute approximate surface area is 249 Å². The van der Waals surface area contributed by atoms with Crippen LogP contribution in [0.1, 0.15) is 29.7 Å². The molecule has 212 valence electrons. The molecule has 1 aliphatic heterocycles. The first-order valence-electron chi connectivity index (χ1n) is 13.4. The number of hydrogen-bond acceptors (Lipinski definition) is 7. The van der Waals surface area contributed by atoms with Crippen LogP contribution >= 0.6 is 23.1 Å². The third kappa shape index (κ3) is 4.66. The molecule has 5 aromatic rings. The van der Waals surface area contributed by atoms with Gasteiger partial charge >= 0.3 is 11.7 Å². The van der Waals surface area contributed by atoms with Gasteiger partial charge in [-0.25, -0.2) is 14.6 Å². The van der Waals surface area contributed by atoms with Crippen LogP contribution in [-0.4, -0.2) is 32.5 Å². The molecule has 0 bridgehead atoms. The number of thiazole rings is 1. The highest BCUT2D eigenvalue weighted by Gasteiger charge is 2.35. The summed E-state index contributed by atoms with van der Waals surface area (Å²) in [5.41, 5.74) is 4.34. The number of fused-ring (bicyclic) bond motifs is 2. The maximum atomic E-state index is 14.1. The third-order valence-electron chi connectivity index (χ3n) is 7.40.